The van der Waals surface area contributed by atoms with E-state index in [4.69, 9.17) is 4.98 Å². The second-order valence-corrected chi connectivity index (χ2v) is 6.37. The van der Waals surface area contributed by atoms with Gasteiger partial charge in [0.2, 0.25) is 0 Å². The molecule has 1 aliphatic carbocycles. The topological polar surface area (TPSA) is 32.6 Å². The van der Waals surface area contributed by atoms with E-state index in [1.54, 1.807) is 11.3 Å². The van der Waals surface area contributed by atoms with E-state index in [2.05, 4.69) is 33.2 Å². The normalized spacial score (nSPS) is 16.5. The Kier molecular flexibility index (Phi) is 3.75. The fraction of sp³-hybridized carbons (Fsp3) is 0.643. The van der Waals surface area contributed by atoms with Crippen molar-refractivity contribution in [3.8, 4) is 0 Å². The third kappa shape index (κ3) is 2.49. The number of nitrogens with one attached hydrogen (secondary N) is 1. The van der Waals surface area contributed by atoms with Crippen LogP contribution in [-0.4, -0.2) is 30.0 Å². The van der Waals surface area contributed by atoms with E-state index >= 15 is 0 Å². The maximum atomic E-state index is 4.80. The van der Waals surface area contributed by atoms with Gasteiger partial charge < -0.3 is 10.2 Å². The smallest absolute Gasteiger partial charge is 0.195 e. The zero-order valence-corrected chi connectivity index (χ0v) is 12.5. The number of thiazole rings is 1. The molecule has 5 heteroatoms. The number of imidazole rings is 1. The summed E-state index contributed by atoms with van der Waals surface area (Å²) in [6.45, 7) is 2.00. The summed E-state index contributed by atoms with van der Waals surface area (Å²) in [7, 11) is 4.18. The molecular formula is C14H22N4S. The number of hydrogen-bond donors (Lipinski definition) is 1. The van der Waals surface area contributed by atoms with Crippen molar-refractivity contribution in [2.45, 2.75) is 32.2 Å². The van der Waals surface area contributed by atoms with Gasteiger partial charge in [0.15, 0.2) is 10.8 Å². The average molecular weight is 278 g/mol. The van der Waals surface area contributed by atoms with E-state index in [9.17, 15) is 0 Å². The summed E-state index contributed by atoms with van der Waals surface area (Å²) in [5.74, 6) is 2.00. The highest BCUT2D eigenvalue weighted by atomic mass is 32.1. The number of aromatic nitrogens is 2. The molecule has 2 aromatic rings. The Bertz CT molecular complexity index is 539. The molecule has 0 aliphatic heterocycles. The van der Waals surface area contributed by atoms with Gasteiger partial charge in [-0.1, -0.05) is 12.8 Å². The zero-order valence-electron chi connectivity index (χ0n) is 11.7. The van der Waals surface area contributed by atoms with Crippen LogP contribution in [0.4, 0.5) is 5.82 Å². The molecular weight excluding hydrogens is 256 g/mol. The molecule has 1 aliphatic rings. The van der Waals surface area contributed by atoms with Crippen LogP contribution in [0.1, 0.15) is 31.4 Å². The largest absolute Gasteiger partial charge is 0.358 e. The van der Waals surface area contributed by atoms with Crippen LogP contribution in [0, 0.1) is 5.92 Å². The molecule has 0 atom stereocenters. The van der Waals surface area contributed by atoms with Crippen LogP contribution in [0.15, 0.2) is 11.6 Å². The summed E-state index contributed by atoms with van der Waals surface area (Å²) >= 11 is 1.71. The van der Waals surface area contributed by atoms with Crippen LogP contribution in [0.25, 0.3) is 4.96 Å². The van der Waals surface area contributed by atoms with Crippen molar-refractivity contribution in [2.75, 3.05) is 25.5 Å². The van der Waals surface area contributed by atoms with Crippen molar-refractivity contribution in [1.29, 1.82) is 0 Å². The fourth-order valence-electron chi connectivity index (χ4n) is 3.13. The van der Waals surface area contributed by atoms with E-state index in [0.717, 1.165) is 29.8 Å². The number of nitrogens with zero attached hydrogens (tertiary/aromatic N) is 3. The summed E-state index contributed by atoms with van der Waals surface area (Å²) < 4.78 is 2.21. The third-order valence-electron chi connectivity index (χ3n) is 4.05. The monoisotopic (exact) mass is 278 g/mol. The van der Waals surface area contributed by atoms with Crippen LogP contribution in [0.3, 0.4) is 0 Å². The predicted molar refractivity (Wildman–Crippen MR) is 81.1 cm³/mol. The Labute approximate surface area is 118 Å². The van der Waals surface area contributed by atoms with Gasteiger partial charge in [-0.15, -0.1) is 11.3 Å². The molecule has 0 spiro atoms. The Balaban J connectivity index is 1.85. The summed E-state index contributed by atoms with van der Waals surface area (Å²) in [5, 5.41) is 5.36. The SMILES string of the molecule is CNCc1c(N(C)CC2CCCC2)nc2sccn12. The molecule has 0 amide bonds. The lowest BCUT2D eigenvalue weighted by molar-refractivity contribution is 0.544. The van der Waals surface area contributed by atoms with Crippen molar-refractivity contribution in [1.82, 2.24) is 14.7 Å². The highest BCUT2D eigenvalue weighted by Crippen LogP contribution is 2.29. The van der Waals surface area contributed by atoms with Gasteiger partial charge in [-0.3, -0.25) is 4.40 Å². The van der Waals surface area contributed by atoms with E-state index < -0.39 is 0 Å². The van der Waals surface area contributed by atoms with Crippen LogP contribution in [-0.2, 0) is 6.54 Å². The van der Waals surface area contributed by atoms with Gasteiger partial charge >= 0.3 is 0 Å². The molecule has 0 bridgehead atoms. The fourth-order valence-corrected chi connectivity index (χ4v) is 3.85. The van der Waals surface area contributed by atoms with Gasteiger partial charge in [0.25, 0.3) is 0 Å². The third-order valence-corrected chi connectivity index (χ3v) is 4.81. The molecule has 0 unspecified atom stereocenters. The molecule has 2 heterocycles. The van der Waals surface area contributed by atoms with Crippen molar-refractivity contribution >= 4 is 22.1 Å². The van der Waals surface area contributed by atoms with Crippen molar-refractivity contribution in [2.24, 2.45) is 5.92 Å². The molecule has 3 rings (SSSR count). The van der Waals surface area contributed by atoms with Gasteiger partial charge in [-0.2, -0.15) is 0 Å². The lowest BCUT2D eigenvalue weighted by Gasteiger charge is -2.22. The van der Waals surface area contributed by atoms with Crippen molar-refractivity contribution in [3.05, 3.63) is 17.3 Å². The molecule has 0 saturated heterocycles. The highest BCUT2D eigenvalue weighted by Gasteiger charge is 2.21. The predicted octanol–water partition coefficient (Wildman–Crippen LogP) is 2.74. The maximum Gasteiger partial charge on any atom is 0.195 e. The molecule has 1 saturated carbocycles. The molecule has 4 nitrogen and oxygen atoms in total. The average Bonchev–Trinajstić information content (AvgIpc) is 3.07. The summed E-state index contributed by atoms with van der Waals surface area (Å²) in [4.78, 5) is 8.25. The summed E-state index contributed by atoms with van der Waals surface area (Å²) in [5.41, 5.74) is 1.28. The lowest BCUT2D eigenvalue weighted by Crippen LogP contribution is -2.26. The van der Waals surface area contributed by atoms with Crippen LogP contribution in [0.2, 0.25) is 0 Å². The standard InChI is InChI=1S/C14H22N4S/c1-15-9-12-13(16-14-18(12)7-8-19-14)17(2)10-11-5-3-4-6-11/h7-8,11,15H,3-6,9-10H2,1-2H3. The number of rotatable bonds is 5. The summed E-state index contributed by atoms with van der Waals surface area (Å²) in [6.07, 6.45) is 7.69. The number of hydrogen-bond acceptors (Lipinski definition) is 4. The van der Waals surface area contributed by atoms with Crippen LogP contribution in [0.5, 0.6) is 0 Å². The molecule has 1 N–H and O–H groups in total. The number of fused-ring (bicyclic) bond motifs is 1. The molecule has 2 aromatic heterocycles. The molecule has 104 valence electrons. The minimum Gasteiger partial charge on any atom is -0.358 e. The highest BCUT2D eigenvalue weighted by molar-refractivity contribution is 7.15. The Morgan fingerprint density at radius 3 is 3.00 bits per heavy atom. The van der Waals surface area contributed by atoms with Crippen LogP contribution < -0.4 is 10.2 Å². The van der Waals surface area contributed by atoms with E-state index in [1.807, 2.05) is 7.05 Å². The van der Waals surface area contributed by atoms with Crippen LogP contribution >= 0.6 is 11.3 Å². The molecule has 0 aromatic carbocycles. The first kappa shape index (κ1) is 12.9. The number of anilines is 1. The molecule has 1 fully saturated rings. The maximum absolute atomic E-state index is 4.80. The van der Waals surface area contributed by atoms with Gasteiger partial charge in [0.05, 0.1) is 5.69 Å². The quantitative estimate of drug-likeness (QED) is 0.913. The van der Waals surface area contributed by atoms with E-state index in [0.29, 0.717) is 0 Å². The second kappa shape index (κ2) is 5.51. The van der Waals surface area contributed by atoms with Gasteiger partial charge in [0, 0.05) is 31.7 Å². The second-order valence-electron chi connectivity index (χ2n) is 5.50. The summed E-state index contributed by atoms with van der Waals surface area (Å²) in [6, 6.07) is 0. The lowest BCUT2D eigenvalue weighted by atomic mass is 10.1. The van der Waals surface area contributed by atoms with Gasteiger partial charge in [0.1, 0.15) is 0 Å². The first-order valence-electron chi connectivity index (χ1n) is 7.09. The van der Waals surface area contributed by atoms with E-state index in [-0.39, 0.29) is 0 Å². The minimum absolute atomic E-state index is 0.854. The van der Waals surface area contributed by atoms with Gasteiger partial charge in [-0.05, 0) is 25.8 Å². The Morgan fingerprint density at radius 1 is 1.47 bits per heavy atom. The zero-order chi connectivity index (χ0) is 13.2. The molecule has 19 heavy (non-hydrogen) atoms. The van der Waals surface area contributed by atoms with Crippen molar-refractivity contribution in [3.63, 3.8) is 0 Å². The van der Waals surface area contributed by atoms with Gasteiger partial charge in [-0.25, -0.2) is 4.98 Å². The molecule has 0 radical (unpaired) electrons. The van der Waals surface area contributed by atoms with E-state index in [1.165, 1.54) is 31.4 Å². The minimum atomic E-state index is 0.854. The first-order chi connectivity index (χ1) is 9.29. The Hall–Kier alpha value is -1.07. The van der Waals surface area contributed by atoms with Crippen molar-refractivity contribution < 1.29 is 0 Å². The first-order valence-corrected chi connectivity index (χ1v) is 7.97. The Morgan fingerprint density at radius 2 is 2.26 bits per heavy atom.